The molecule has 1 aliphatic heterocycles. The number of nitrogens with two attached hydrogens (primary N) is 1. The molecular weight excluding hydrogens is 382 g/mol. The van der Waals surface area contributed by atoms with Crippen LogP contribution in [0.4, 0.5) is 17.2 Å². The lowest BCUT2D eigenvalue weighted by Crippen LogP contribution is -2.47. The third-order valence-electron chi connectivity index (χ3n) is 5.94. The van der Waals surface area contributed by atoms with E-state index in [1.54, 1.807) is 12.3 Å². The van der Waals surface area contributed by atoms with Gasteiger partial charge in [0, 0.05) is 50.0 Å². The van der Waals surface area contributed by atoms with E-state index in [0.29, 0.717) is 11.1 Å². The molecule has 8 nitrogen and oxygen atoms in total. The number of piperazine rings is 1. The molecule has 0 radical (unpaired) electrons. The number of carbonyl (C=O) groups is 1. The summed E-state index contributed by atoms with van der Waals surface area (Å²) in [6.45, 7) is 3.21. The van der Waals surface area contributed by atoms with E-state index in [9.17, 15) is 14.7 Å². The number of pyridine rings is 2. The normalized spacial score (nSPS) is 16.8. The van der Waals surface area contributed by atoms with Gasteiger partial charge < -0.3 is 25.2 Å². The number of hydrogen-bond donors (Lipinski definition) is 2. The molecule has 3 N–H and O–H groups in total. The number of rotatable bonds is 4. The molecule has 0 spiro atoms. The molecular formula is C22H23N5O3. The zero-order valence-corrected chi connectivity index (χ0v) is 16.5. The average molecular weight is 405 g/mol. The summed E-state index contributed by atoms with van der Waals surface area (Å²) in [7, 11) is 0. The quantitative estimate of drug-likeness (QED) is 0.642. The molecule has 5 rings (SSSR count). The zero-order valence-electron chi connectivity index (χ0n) is 16.5. The van der Waals surface area contributed by atoms with Gasteiger partial charge in [0.15, 0.2) is 0 Å². The molecule has 0 unspecified atom stereocenters. The molecule has 2 aromatic heterocycles. The summed E-state index contributed by atoms with van der Waals surface area (Å²) in [4.78, 5) is 33.2. The van der Waals surface area contributed by atoms with Crippen LogP contribution in [0.5, 0.6) is 0 Å². The van der Waals surface area contributed by atoms with E-state index in [1.165, 1.54) is 6.20 Å². The van der Waals surface area contributed by atoms with Crippen LogP contribution >= 0.6 is 0 Å². The van der Waals surface area contributed by atoms with Crippen LogP contribution in [-0.4, -0.2) is 46.8 Å². The number of aromatic carboxylic acids is 1. The lowest BCUT2D eigenvalue weighted by Gasteiger charge is -2.37. The summed E-state index contributed by atoms with van der Waals surface area (Å²) in [5.74, 6) is -0.239. The molecule has 154 valence electrons. The molecule has 3 heterocycles. The molecule has 3 aromatic rings. The van der Waals surface area contributed by atoms with Gasteiger partial charge in [-0.05, 0) is 37.1 Å². The fourth-order valence-electron chi connectivity index (χ4n) is 4.20. The van der Waals surface area contributed by atoms with E-state index < -0.39 is 11.4 Å². The Balaban J connectivity index is 1.51. The molecule has 0 bridgehead atoms. The Morgan fingerprint density at radius 1 is 1.10 bits per heavy atom. The van der Waals surface area contributed by atoms with Crippen molar-refractivity contribution in [3.8, 4) is 0 Å². The largest absolute Gasteiger partial charge is 0.477 e. The maximum atomic E-state index is 12.7. The summed E-state index contributed by atoms with van der Waals surface area (Å²) in [6, 6.07) is 9.73. The number of carboxylic acids is 1. The van der Waals surface area contributed by atoms with Crippen LogP contribution in [0.2, 0.25) is 0 Å². The minimum atomic E-state index is -1.20. The zero-order chi connectivity index (χ0) is 20.8. The number of carboxylic acid groups (broad SMARTS) is 1. The van der Waals surface area contributed by atoms with E-state index in [-0.39, 0.29) is 11.6 Å². The van der Waals surface area contributed by atoms with Gasteiger partial charge in [0.05, 0.1) is 16.9 Å². The molecule has 1 saturated heterocycles. The highest BCUT2D eigenvalue weighted by Gasteiger charge is 2.28. The van der Waals surface area contributed by atoms with Crippen molar-refractivity contribution in [2.24, 2.45) is 0 Å². The third kappa shape index (κ3) is 3.14. The van der Waals surface area contributed by atoms with E-state index in [1.807, 2.05) is 28.8 Å². The minimum absolute atomic E-state index is 0.203. The number of nitrogens with zero attached hydrogens (tertiary/aromatic N) is 4. The predicted molar refractivity (Wildman–Crippen MR) is 117 cm³/mol. The van der Waals surface area contributed by atoms with E-state index in [4.69, 9.17) is 5.73 Å². The molecule has 0 atom stereocenters. The standard InChI is InChI=1S/C22H23N5O3/c23-17-11-15-18(27(14-4-5-14)13-16(21(15)28)22(29)30)12-19(17)25-7-9-26(10-8-25)20-3-1-2-6-24-20/h1-3,6,11-14H,4-5,7-10,23H2,(H,29,30). The van der Waals surface area contributed by atoms with Gasteiger partial charge in [0.1, 0.15) is 11.4 Å². The van der Waals surface area contributed by atoms with Crippen molar-refractivity contribution in [2.45, 2.75) is 18.9 Å². The smallest absolute Gasteiger partial charge is 0.341 e. The fourth-order valence-corrected chi connectivity index (χ4v) is 4.20. The van der Waals surface area contributed by atoms with E-state index >= 15 is 0 Å². The maximum Gasteiger partial charge on any atom is 0.341 e. The molecule has 0 amide bonds. The van der Waals surface area contributed by atoms with Crippen LogP contribution < -0.4 is 21.0 Å². The SMILES string of the molecule is Nc1cc2c(=O)c(C(=O)O)cn(C3CC3)c2cc1N1CCN(c2ccccn2)CC1. The van der Waals surface area contributed by atoms with Gasteiger partial charge in [0.2, 0.25) is 5.43 Å². The van der Waals surface area contributed by atoms with Crippen LogP contribution in [0.3, 0.4) is 0 Å². The summed E-state index contributed by atoms with van der Waals surface area (Å²) in [5, 5.41) is 9.81. The van der Waals surface area contributed by atoms with Crippen molar-refractivity contribution in [3.05, 3.63) is 58.5 Å². The van der Waals surface area contributed by atoms with Gasteiger partial charge in [0.25, 0.3) is 0 Å². The van der Waals surface area contributed by atoms with Gasteiger partial charge in [-0.2, -0.15) is 0 Å². The molecule has 1 saturated carbocycles. The first kappa shape index (κ1) is 18.5. The van der Waals surface area contributed by atoms with Gasteiger partial charge >= 0.3 is 5.97 Å². The molecule has 1 aromatic carbocycles. The fraction of sp³-hybridized carbons (Fsp3) is 0.318. The van der Waals surface area contributed by atoms with Gasteiger partial charge in [-0.25, -0.2) is 9.78 Å². The number of benzene rings is 1. The Morgan fingerprint density at radius 3 is 2.47 bits per heavy atom. The summed E-state index contributed by atoms with van der Waals surface area (Å²) >= 11 is 0. The van der Waals surface area contributed by atoms with E-state index in [2.05, 4.69) is 14.8 Å². The molecule has 1 aliphatic carbocycles. The van der Waals surface area contributed by atoms with Gasteiger partial charge in [-0.15, -0.1) is 0 Å². The Hall–Kier alpha value is -3.55. The number of anilines is 3. The Bertz CT molecular complexity index is 1180. The second-order valence-corrected chi connectivity index (χ2v) is 7.91. The lowest BCUT2D eigenvalue weighted by atomic mass is 10.1. The molecule has 2 aliphatic rings. The Kier molecular flexibility index (Phi) is 4.34. The third-order valence-corrected chi connectivity index (χ3v) is 5.94. The second kappa shape index (κ2) is 7.05. The number of fused-ring (bicyclic) bond motifs is 1. The first-order valence-corrected chi connectivity index (χ1v) is 10.2. The van der Waals surface area contributed by atoms with Crippen molar-refractivity contribution < 1.29 is 9.90 Å². The van der Waals surface area contributed by atoms with Crippen LogP contribution in [0, 0.1) is 0 Å². The highest BCUT2D eigenvalue weighted by molar-refractivity contribution is 5.96. The van der Waals surface area contributed by atoms with E-state index in [0.717, 1.165) is 56.0 Å². The Labute approximate surface area is 173 Å². The predicted octanol–water partition coefficient (Wildman–Crippen LogP) is 2.34. The van der Waals surface area contributed by atoms with Crippen LogP contribution in [0.15, 0.2) is 47.5 Å². The monoisotopic (exact) mass is 405 g/mol. The first-order valence-electron chi connectivity index (χ1n) is 10.2. The maximum absolute atomic E-state index is 12.7. The number of hydrogen-bond acceptors (Lipinski definition) is 6. The topological polar surface area (TPSA) is 105 Å². The second-order valence-electron chi connectivity index (χ2n) is 7.91. The van der Waals surface area contributed by atoms with Gasteiger partial charge in [-0.3, -0.25) is 4.79 Å². The average Bonchev–Trinajstić information content (AvgIpc) is 3.60. The molecule has 8 heteroatoms. The van der Waals surface area contributed by atoms with Gasteiger partial charge in [-0.1, -0.05) is 6.07 Å². The van der Waals surface area contributed by atoms with Crippen LogP contribution in [0.25, 0.3) is 10.9 Å². The van der Waals surface area contributed by atoms with Crippen molar-refractivity contribution in [1.29, 1.82) is 0 Å². The highest BCUT2D eigenvalue weighted by Crippen LogP contribution is 2.39. The highest BCUT2D eigenvalue weighted by atomic mass is 16.4. The molecule has 30 heavy (non-hydrogen) atoms. The lowest BCUT2D eigenvalue weighted by molar-refractivity contribution is 0.0695. The van der Waals surface area contributed by atoms with Crippen molar-refractivity contribution in [2.75, 3.05) is 41.7 Å². The molecule has 2 fully saturated rings. The Morgan fingerprint density at radius 2 is 1.83 bits per heavy atom. The summed E-state index contributed by atoms with van der Waals surface area (Å²) in [6.07, 6.45) is 5.26. The minimum Gasteiger partial charge on any atom is -0.477 e. The van der Waals surface area contributed by atoms with Crippen LogP contribution in [-0.2, 0) is 0 Å². The van der Waals surface area contributed by atoms with Crippen LogP contribution in [0.1, 0.15) is 29.2 Å². The number of nitrogen functional groups attached to an aromatic ring is 1. The van der Waals surface area contributed by atoms with Crippen molar-refractivity contribution in [3.63, 3.8) is 0 Å². The summed E-state index contributed by atoms with van der Waals surface area (Å²) < 4.78 is 1.94. The number of aromatic nitrogens is 2. The summed E-state index contributed by atoms with van der Waals surface area (Å²) in [5.41, 5.74) is 7.79. The van der Waals surface area contributed by atoms with Crippen molar-refractivity contribution >= 4 is 34.1 Å². The first-order chi connectivity index (χ1) is 14.5. The van der Waals surface area contributed by atoms with Crippen molar-refractivity contribution in [1.82, 2.24) is 9.55 Å².